The zero-order chi connectivity index (χ0) is 9.00. The summed E-state index contributed by atoms with van der Waals surface area (Å²) in [5, 5.41) is 0. The molecule has 0 saturated carbocycles. The molecule has 8 nitrogen and oxygen atoms in total. The topological polar surface area (TPSA) is 161 Å². The molecular weight excluding hydrogens is 353 g/mol. The molecule has 0 aliphatic heterocycles. The predicted octanol–water partition coefficient (Wildman–Crippen LogP) is -6.05. The maximum Gasteiger partial charge on any atom is 3.00 e. The predicted molar refractivity (Wildman–Crippen MR) is 26.7 cm³/mol. The van der Waals surface area contributed by atoms with Gasteiger partial charge in [-0.05, 0) is 0 Å². The summed E-state index contributed by atoms with van der Waals surface area (Å²) < 4.78 is 68.2. The minimum atomic E-state index is -5.17. The van der Waals surface area contributed by atoms with Gasteiger partial charge in [0.1, 0.15) is 0 Å². The third-order valence-electron chi connectivity index (χ3n) is 0. The molecule has 0 aliphatic rings. The minimum absolute atomic E-state index is 0. The van der Waals surface area contributed by atoms with Crippen molar-refractivity contribution in [3.63, 3.8) is 0 Å². The summed E-state index contributed by atoms with van der Waals surface area (Å²) >= 11 is 0. The van der Waals surface area contributed by atoms with Crippen molar-refractivity contribution in [1.82, 2.24) is 0 Å². The van der Waals surface area contributed by atoms with Crippen LogP contribution in [0, 0.1) is 0 Å². The van der Waals surface area contributed by atoms with Crippen LogP contribution in [-0.4, -0.2) is 59.5 Å². The summed E-state index contributed by atoms with van der Waals surface area (Å²) in [7, 11) is -10.3. The number of hydrogen-bond donors (Lipinski definition) is 0. The summed E-state index contributed by atoms with van der Waals surface area (Å²) in [5.74, 6) is 0. The second-order valence-corrected chi connectivity index (χ2v) is 2.45. The summed E-state index contributed by atoms with van der Waals surface area (Å²) in [4.78, 5) is 0. The fourth-order valence-electron chi connectivity index (χ4n) is 0. The third-order valence-corrected chi connectivity index (χ3v) is 0. The molecule has 12 heavy (non-hydrogen) atoms. The Morgan fingerprint density at radius 1 is 0.667 bits per heavy atom. The van der Waals surface area contributed by atoms with Crippen molar-refractivity contribution in [2.75, 3.05) is 0 Å². The van der Waals surface area contributed by atoms with Crippen LogP contribution in [0.2, 0.25) is 0 Å². The van der Waals surface area contributed by atoms with Crippen LogP contribution in [-0.2, 0) is 20.8 Å². The molecule has 0 fully saturated rings. The number of rotatable bonds is 0. The van der Waals surface area contributed by atoms with Gasteiger partial charge in [-0.25, -0.2) is 0 Å². The Kier molecular flexibility index (Phi) is 19.3. The normalized spacial score (nSPS) is 9.67. The van der Waals surface area contributed by atoms with Crippen LogP contribution >= 0.6 is 0 Å². The molecule has 0 atom stereocenters. The Morgan fingerprint density at radius 2 is 0.667 bits per heavy atom. The monoisotopic (exact) mass is 352 g/mol. The van der Waals surface area contributed by atoms with Gasteiger partial charge in [-0.2, -0.15) is 0 Å². The molecule has 0 rings (SSSR count). The largest absolute Gasteiger partial charge is 3.00 e. The molecule has 0 bridgehead atoms. The van der Waals surface area contributed by atoms with Crippen LogP contribution in [0.15, 0.2) is 0 Å². The van der Waals surface area contributed by atoms with Crippen LogP contribution in [0.3, 0.4) is 0 Å². The van der Waals surface area contributed by atoms with Gasteiger partial charge in [0, 0.05) is 20.8 Å². The van der Waals surface area contributed by atoms with E-state index in [4.69, 9.17) is 35.0 Å². The Morgan fingerprint density at radius 3 is 0.667 bits per heavy atom. The van der Waals surface area contributed by atoms with Crippen molar-refractivity contribution in [3.05, 3.63) is 0 Å². The van der Waals surface area contributed by atoms with Crippen molar-refractivity contribution in [2.24, 2.45) is 0 Å². The smallest absolute Gasteiger partial charge is 0.759 e. The average Bonchev–Trinajstić information content (AvgIpc) is 1.12. The number of hydrogen-bond acceptors (Lipinski definition) is 8. The molecule has 0 aromatic carbocycles. The van der Waals surface area contributed by atoms with E-state index in [1.807, 2.05) is 0 Å². The van der Waals surface area contributed by atoms with Crippen LogP contribution in [0.5, 0.6) is 0 Å². The first kappa shape index (κ1) is 23.8. The first-order valence-corrected chi connectivity index (χ1v) is 4.00. The first-order valence-electron chi connectivity index (χ1n) is 1.33. The Hall–Kier alpha value is 2.19. The molecule has 0 heterocycles. The van der Waals surface area contributed by atoms with Crippen molar-refractivity contribution in [3.8, 4) is 0 Å². The fraction of sp³-hybridized carbons (Fsp3) is 0. The van der Waals surface area contributed by atoms with E-state index in [0.29, 0.717) is 0 Å². The average molecular weight is 353 g/mol. The molecule has 0 aliphatic carbocycles. The standard InChI is InChI=1S/K.2H2O4S.Sb/c;2*1-5(2,3)4;/h;2*(H2,1,2,3,4);/q+1;;;+3/p-4. The van der Waals surface area contributed by atoms with Gasteiger partial charge in [-0.1, -0.05) is 0 Å². The molecule has 2 radical (unpaired) electrons. The second kappa shape index (κ2) is 9.74. The second-order valence-electron chi connectivity index (χ2n) is 0.816. The maximum absolute atomic E-state index is 8.52. The van der Waals surface area contributed by atoms with Crippen LogP contribution in [0.1, 0.15) is 0 Å². The molecule has 0 aromatic rings. The maximum atomic E-state index is 8.52. The Labute approximate surface area is 129 Å². The van der Waals surface area contributed by atoms with Crippen molar-refractivity contribution in [1.29, 1.82) is 0 Å². The molecule has 0 amide bonds. The Bertz CT molecular complexity index is 213. The van der Waals surface area contributed by atoms with Gasteiger partial charge in [-0.3, -0.25) is 16.8 Å². The van der Waals surface area contributed by atoms with E-state index in [-0.39, 0.29) is 75.8 Å². The van der Waals surface area contributed by atoms with Gasteiger partial charge < -0.3 is 18.2 Å². The molecule has 66 valence electrons. The minimum Gasteiger partial charge on any atom is -0.759 e. The SMILES string of the molecule is O=S(=O)([O-])[O-].O=S(=O)([O-])[O-].[K+].[Sb+3]. The zero-order valence-electron chi connectivity index (χ0n) is 5.53. The summed E-state index contributed by atoms with van der Waals surface area (Å²) in [5.41, 5.74) is 0. The van der Waals surface area contributed by atoms with Crippen molar-refractivity contribution < 1.29 is 86.4 Å². The van der Waals surface area contributed by atoms with E-state index >= 15 is 0 Å². The first-order chi connectivity index (χ1) is 4.00. The van der Waals surface area contributed by atoms with E-state index in [2.05, 4.69) is 0 Å². The molecule has 0 saturated heterocycles. The van der Waals surface area contributed by atoms with Gasteiger partial charge >= 0.3 is 75.8 Å². The van der Waals surface area contributed by atoms with Crippen molar-refractivity contribution >= 4 is 45.2 Å². The molecule has 12 heteroatoms. The molecule has 0 unspecified atom stereocenters. The molecule has 0 aromatic heterocycles. The summed E-state index contributed by atoms with van der Waals surface area (Å²) in [6.07, 6.45) is 0. The molecular formula is KO8S2Sb. The van der Waals surface area contributed by atoms with Crippen molar-refractivity contribution in [2.45, 2.75) is 0 Å². The molecule has 0 spiro atoms. The van der Waals surface area contributed by atoms with Crippen LogP contribution < -0.4 is 51.4 Å². The fourth-order valence-corrected chi connectivity index (χ4v) is 0. The van der Waals surface area contributed by atoms with Gasteiger partial charge in [-0.15, -0.1) is 0 Å². The molecule has 0 N–H and O–H groups in total. The zero-order valence-corrected chi connectivity index (χ0v) is 12.8. The van der Waals surface area contributed by atoms with Gasteiger partial charge in [0.2, 0.25) is 0 Å². The van der Waals surface area contributed by atoms with E-state index < -0.39 is 20.8 Å². The van der Waals surface area contributed by atoms with E-state index in [9.17, 15) is 0 Å². The summed E-state index contributed by atoms with van der Waals surface area (Å²) in [6, 6.07) is 0. The van der Waals surface area contributed by atoms with E-state index in [0.717, 1.165) is 0 Å². The van der Waals surface area contributed by atoms with E-state index in [1.54, 1.807) is 0 Å². The van der Waals surface area contributed by atoms with Gasteiger partial charge in [0.25, 0.3) is 0 Å². The summed E-state index contributed by atoms with van der Waals surface area (Å²) in [6.45, 7) is 0. The third kappa shape index (κ3) is 317. The van der Waals surface area contributed by atoms with Gasteiger partial charge in [0.05, 0.1) is 0 Å². The van der Waals surface area contributed by atoms with Crippen LogP contribution in [0.25, 0.3) is 0 Å². The van der Waals surface area contributed by atoms with Gasteiger partial charge in [0.15, 0.2) is 0 Å². The quantitative estimate of drug-likeness (QED) is 0.236. The Balaban J connectivity index is -0.0000000457. The van der Waals surface area contributed by atoms with E-state index in [1.165, 1.54) is 0 Å². The van der Waals surface area contributed by atoms with Crippen LogP contribution in [0.4, 0.5) is 0 Å².